The molecule has 1 aromatic heterocycles. The molecule has 154 valence electrons. The lowest BCUT2D eigenvalue weighted by atomic mass is 9.89. The zero-order chi connectivity index (χ0) is 20.1. The predicted molar refractivity (Wildman–Crippen MR) is 105 cm³/mol. The van der Waals surface area contributed by atoms with Crippen molar-refractivity contribution in [3.8, 4) is 0 Å². The molecule has 1 unspecified atom stereocenters. The summed E-state index contributed by atoms with van der Waals surface area (Å²) >= 11 is 0. The van der Waals surface area contributed by atoms with Crippen molar-refractivity contribution in [1.29, 1.82) is 0 Å². The molecule has 2 N–H and O–H groups in total. The van der Waals surface area contributed by atoms with Gasteiger partial charge in [0.2, 0.25) is 0 Å². The number of unbranched alkanes of at least 4 members (excludes halogenated alkanes) is 1. The first-order chi connectivity index (χ1) is 13.5. The van der Waals surface area contributed by atoms with E-state index < -0.39 is 5.97 Å². The fraction of sp³-hybridized carbons (Fsp3) is 0.667. The van der Waals surface area contributed by atoms with Crippen LogP contribution in [0.5, 0.6) is 0 Å². The number of hydrogen-bond donors (Lipinski definition) is 2. The van der Waals surface area contributed by atoms with E-state index in [-0.39, 0.29) is 18.6 Å². The van der Waals surface area contributed by atoms with Crippen molar-refractivity contribution in [1.82, 2.24) is 15.2 Å². The van der Waals surface area contributed by atoms with E-state index >= 15 is 0 Å². The molecule has 2 amide bonds. The van der Waals surface area contributed by atoms with Crippen LogP contribution in [0.25, 0.3) is 0 Å². The van der Waals surface area contributed by atoms with Crippen LogP contribution in [0, 0.1) is 0 Å². The smallest absolute Gasteiger partial charge is 0.317 e. The van der Waals surface area contributed by atoms with Crippen LogP contribution in [0.1, 0.15) is 67.6 Å². The van der Waals surface area contributed by atoms with E-state index in [1.54, 1.807) is 4.90 Å². The standard InChI is InChI=1S/C21H31N3O4/c1-3-4-6-18-15-11-14(2)28-13-17(15)16-12-24(10-8-19(16)23-18)21(27)22-9-5-7-20(25)26/h14H,3-13H2,1-2H3,(H,22,27)(H,25,26). The fourth-order valence-electron chi connectivity index (χ4n) is 3.99. The second kappa shape index (κ2) is 9.37. The Balaban J connectivity index is 1.74. The third kappa shape index (κ3) is 4.82. The third-order valence-electron chi connectivity index (χ3n) is 5.56. The molecule has 3 heterocycles. The number of pyridine rings is 1. The van der Waals surface area contributed by atoms with Crippen LogP contribution in [0.3, 0.4) is 0 Å². The molecule has 0 aliphatic carbocycles. The number of fused-ring (bicyclic) bond motifs is 3. The number of rotatable bonds is 7. The highest BCUT2D eigenvalue weighted by molar-refractivity contribution is 5.74. The van der Waals surface area contributed by atoms with E-state index in [1.165, 1.54) is 16.8 Å². The van der Waals surface area contributed by atoms with Gasteiger partial charge in [-0.1, -0.05) is 13.3 Å². The summed E-state index contributed by atoms with van der Waals surface area (Å²) in [4.78, 5) is 29.9. The van der Waals surface area contributed by atoms with Crippen LogP contribution >= 0.6 is 0 Å². The summed E-state index contributed by atoms with van der Waals surface area (Å²) in [6, 6.07) is -0.134. The van der Waals surface area contributed by atoms with Gasteiger partial charge in [-0.3, -0.25) is 9.78 Å². The summed E-state index contributed by atoms with van der Waals surface area (Å²) in [6.45, 7) is 6.44. The maximum absolute atomic E-state index is 12.5. The lowest BCUT2D eigenvalue weighted by Crippen LogP contribution is -2.44. The molecule has 0 saturated heterocycles. The summed E-state index contributed by atoms with van der Waals surface area (Å²) in [6.07, 6.45) is 5.63. The lowest BCUT2D eigenvalue weighted by Gasteiger charge is -2.34. The molecule has 0 aromatic carbocycles. The van der Waals surface area contributed by atoms with Crippen LogP contribution in [0.2, 0.25) is 0 Å². The number of nitrogens with one attached hydrogen (secondary N) is 1. The first-order valence-corrected chi connectivity index (χ1v) is 10.4. The minimum atomic E-state index is -0.841. The molecule has 0 fully saturated rings. The van der Waals surface area contributed by atoms with Gasteiger partial charge in [0.25, 0.3) is 0 Å². The highest BCUT2D eigenvalue weighted by atomic mass is 16.5. The molecule has 3 rings (SSSR count). The highest BCUT2D eigenvalue weighted by Gasteiger charge is 2.29. The van der Waals surface area contributed by atoms with Gasteiger partial charge in [0.15, 0.2) is 0 Å². The largest absolute Gasteiger partial charge is 0.481 e. The van der Waals surface area contributed by atoms with E-state index in [1.807, 2.05) is 0 Å². The molecular formula is C21H31N3O4. The maximum atomic E-state index is 12.5. The Morgan fingerprint density at radius 3 is 2.86 bits per heavy atom. The Morgan fingerprint density at radius 1 is 1.29 bits per heavy atom. The van der Waals surface area contributed by atoms with E-state index in [4.69, 9.17) is 14.8 Å². The van der Waals surface area contributed by atoms with Crippen LogP contribution < -0.4 is 5.32 Å². The van der Waals surface area contributed by atoms with Crippen molar-refractivity contribution >= 4 is 12.0 Å². The number of nitrogens with zero attached hydrogens (tertiary/aromatic N) is 2. The second-order valence-electron chi connectivity index (χ2n) is 7.77. The molecule has 0 radical (unpaired) electrons. The normalized spacial score (nSPS) is 18.4. The summed E-state index contributed by atoms with van der Waals surface area (Å²) < 4.78 is 5.92. The fourth-order valence-corrected chi connectivity index (χ4v) is 3.99. The highest BCUT2D eigenvalue weighted by Crippen LogP contribution is 2.32. The zero-order valence-electron chi connectivity index (χ0n) is 16.9. The van der Waals surface area contributed by atoms with E-state index in [0.29, 0.717) is 32.7 Å². The molecule has 0 spiro atoms. The van der Waals surface area contributed by atoms with Gasteiger partial charge in [-0.2, -0.15) is 0 Å². The molecule has 28 heavy (non-hydrogen) atoms. The van der Waals surface area contributed by atoms with E-state index in [0.717, 1.165) is 43.4 Å². The summed E-state index contributed by atoms with van der Waals surface area (Å²) in [7, 11) is 0. The Bertz CT molecular complexity index is 735. The van der Waals surface area contributed by atoms with Crippen LogP contribution in [0.15, 0.2) is 0 Å². The Hall–Kier alpha value is -2.15. The summed E-state index contributed by atoms with van der Waals surface area (Å²) in [5.74, 6) is -0.841. The molecule has 1 atom stereocenters. The van der Waals surface area contributed by atoms with Crippen LogP contribution in [-0.2, 0) is 41.9 Å². The topological polar surface area (TPSA) is 91.8 Å². The first-order valence-electron chi connectivity index (χ1n) is 10.4. The van der Waals surface area contributed by atoms with Gasteiger partial charge < -0.3 is 20.1 Å². The molecule has 0 bridgehead atoms. The molecule has 2 aliphatic heterocycles. The average Bonchev–Trinajstić information content (AvgIpc) is 2.68. The molecule has 0 saturated carbocycles. The predicted octanol–water partition coefficient (Wildman–Crippen LogP) is 2.82. The number of hydrogen-bond acceptors (Lipinski definition) is 4. The number of carboxylic acid groups (broad SMARTS) is 1. The Morgan fingerprint density at radius 2 is 2.11 bits per heavy atom. The Labute approximate surface area is 166 Å². The lowest BCUT2D eigenvalue weighted by molar-refractivity contribution is -0.137. The minimum Gasteiger partial charge on any atom is -0.481 e. The maximum Gasteiger partial charge on any atom is 0.317 e. The molecular weight excluding hydrogens is 358 g/mol. The number of ether oxygens (including phenoxy) is 1. The van der Waals surface area contributed by atoms with Crippen molar-refractivity contribution in [3.05, 3.63) is 28.1 Å². The van der Waals surface area contributed by atoms with Gasteiger partial charge >= 0.3 is 12.0 Å². The van der Waals surface area contributed by atoms with E-state index in [2.05, 4.69) is 19.2 Å². The van der Waals surface area contributed by atoms with Crippen LogP contribution in [-0.4, -0.2) is 46.2 Å². The third-order valence-corrected chi connectivity index (χ3v) is 5.56. The number of carbonyl (C=O) groups is 2. The van der Waals surface area contributed by atoms with Crippen molar-refractivity contribution in [2.24, 2.45) is 0 Å². The van der Waals surface area contributed by atoms with Gasteiger partial charge in [-0.05, 0) is 42.9 Å². The van der Waals surface area contributed by atoms with Crippen molar-refractivity contribution in [2.45, 2.75) is 78.0 Å². The van der Waals surface area contributed by atoms with Gasteiger partial charge in [-0.25, -0.2) is 4.79 Å². The van der Waals surface area contributed by atoms with Gasteiger partial charge in [-0.15, -0.1) is 0 Å². The molecule has 2 aliphatic rings. The van der Waals surface area contributed by atoms with Crippen molar-refractivity contribution < 1.29 is 19.4 Å². The number of aliphatic carboxylic acids is 1. The summed E-state index contributed by atoms with van der Waals surface area (Å²) in [5.41, 5.74) is 6.04. The first kappa shape index (κ1) is 20.6. The number of aryl methyl sites for hydroxylation is 1. The molecule has 7 nitrogen and oxygen atoms in total. The molecule has 1 aromatic rings. The van der Waals surface area contributed by atoms with Gasteiger partial charge in [0.05, 0.1) is 12.7 Å². The number of amides is 2. The number of urea groups is 1. The molecule has 7 heteroatoms. The Kier molecular flexibility index (Phi) is 6.88. The van der Waals surface area contributed by atoms with Gasteiger partial charge in [0, 0.05) is 50.3 Å². The average molecular weight is 389 g/mol. The van der Waals surface area contributed by atoms with Gasteiger partial charge in [0.1, 0.15) is 0 Å². The number of carboxylic acids is 1. The second-order valence-corrected chi connectivity index (χ2v) is 7.77. The summed E-state index contributed by atoms with van der Waals surface area (Å²) in [5, 5.41) is 11.5. The monoisotopic (exact) mass is 389 g/mol. The number of aromatic nitrogens is 1. The quantitative estimate of drug-likeness (QED) is 0.700. The van der Waals surface area contributed by atoms with E-state index in [9.17, 15) is 9.59 Å². The minimum absolute atomic E-state index is 0.0661. The SMILES string of the molecule is CCCCc1nc2c(c3c1CC(C)OC3)CN(C(=O)NCCCC(=O)O)CC2. The van der Waals surface area contributed by atoms with Crippen LogP contribution in [0.4, 0.5) is 4.79 Å². The van der Waals surface area contributed by atoms with Crippen molar-refractivity contribution in [2.75, 3.05) is 13.1 Å². The van der Waals surface area contributed by atoms with Crippen molar-refractivity contribution in [3.63, 3.8) is 0 Å². The zero-order valence-corrected chi connectivity index (χ0v) is 16.9. The number of carbonyl (C=O) groups excluding carboxylic acids is 1.